The van der Waals surface area contributed by atoms with Gasteiger partial charge in [-0.25, -0.2) is 0 Å². The van der Waals surface area contributed by atoms with E-state index in [4.69, 9.17) is 0 Å². The van der Waals surface area contributed by atoms with Crippen molar-refractivity contribution in [2.24, 2.45) is 4.99 Å². The highest BCUT2D eigenvalue weighted by molar-refractivity contribution is 14.0. The highest BCUT2D eigenvalue weighted by Crippen LogP contribution is 1.85. The number of rotatable bonds is 1. The van der Waals surface area contributed by atoms with Crippen molar-refractivity contribution in [2.75, 3.05) is 18.8 Å². The largest absolute Gasteiger partial charge is 0.371 e. The summed E-state index contributed by atoms with van der Waals surface area (Å²) in [6, 6.07) is 0. The van der Waals surface area contributed by atoms with Crippen molar-refractivity contribution in [3.8, 4) is 0 Å². The molecule has 0 bridgehead atoms. The molecule has 0 saturated heterocycles. The molecule has 0 aromatic rings. The van der Waals surface area contributed by atoms with Crippen LogP contribution < -0.4 is 5.32 Å². The second kappa shape index (κ2) is 4.43. The zero-order valence-corrected chi connectivity index (χ0v) is 7.65. The maximum atomic E-state index is 4.08. The van der Waals surface area contributed by atoms with Gasteiger partial charge in [-0.05, 0) is 0 Å². The van der Waals surface area contributed by atoms with E-state index in [-0.39, 0.29) is 24.0 Å². The Morgan fingerprint density at radius 2 is 2.50 bits per heavy atom. The zero-order valence-electron chi connectivity index (χ0n) is 4.42. The Bertz CT molecular complexity index is 94.0. The molecule has 0 saturated carbocycles. The average Bonchev–Trinajstić information content (AvgIpc) is 2.14. The summed E-state index contributed by atoms with van der Waals surface area (Å²) in [7, 11) is 0. The summed E-state index contributed by atoms with van der Waals surface area (Å²) in [5.41, 5.74) is 0. The van der Waals surface area contributed by atoms with Gasteiger partial charge in [0.2, 0.25) is 0 Å². The molecule has 0 radical (unpaired) electrons. The smallest absolute Gasteiger partial charge is 0.106 e. The van der Waals surface area contributed by atoms with E-state index in [1.54, 1.807) is 0 Å². The summed E-state index contributed by atoms with van der Waals surface area (Å²) < 4.78 is 0. The predicted molar refractivity (Wildman–Crippen MR) is 49.6 cm³/mol. The molecule has 0 aliphatic carbocycles. The summed E-state index contributed by atoms with van der Waals surface area (Å²) in [5, 5.41) is 3.08. The molecule has 1 heterocycles. The van der Waals surface area contributed by atoms with Crippen molar-refractivity contribution in [2.45, 2.75) is 0 Å². The molecule has 1 aliphatic heterocycles. The first-order valence-corrected chi connectivity index (χ1v) is 2.95. The number of amidine groups is 1. The van der Waals surface area contributed by atoms with Crippen LogP contribution in [0, 0.1) is 0 Å². The van der Waals surface area contributed by atoms with Gasteiger partial charge in [-0.3, -0.25) is 4.99 Å². The second-order valence-corrected chi connectivity index (χ2v) is 1.73. The van der Waals surface area contributed by atoms with Gasteiger partial charge in [-0.15, -0.1) is 24.0 Å². The number of aliphatic imine (C=N–C) groups is 1. The van der Waals surface area contributed by atoms with Crippen molar-refractivity contribution in [1.29, 1.82) is 0 Å². The summed E-state index contributed by atoms with van der Waals surface area (Å²) in [6.45, 7) is 1.92. The molecule has 1 rings (SSSR count). The number of hydrogen-bond donors (Lipinski definition) is 2. The maximum Gasteiger partial charge on any atom is 0.106 e. The molecule has 4 heteroatoms. The summed E-state index contributed by atoms with van der Waals surface area (Å²) >= 11 is 4.02. The molecule has 0 aromatic carbocycles. The molecule has 0 amide bonds. The van der Waals surface area contributed by atoms with E-state index in [1.807, 2.05) is 0 Å². The van der Waals surface area contributed by atoms with Crippen LogP contribution in [0.4, 0.5) is 0 Å². The lowest BCUT2D eigenvalue weighted by molar-refractivity contribution is 0.959. The summed E-state index contributed by atoms with van der Waals surface area (Å²) in [6.07, 6.45) is 0. The topological polar surface area (TPSA) is 24.4 Å². The van der Waals surface area contributed by atoms with Crippen molar-refractivity contribution in [3.05, 3.63) is 0 Å². The molecule has 0 fully saturated rings. The lowest BCUT2D eigenvalue weighted by Gasteiger charge is -1.91. The van der Waals surface area contributed by atoms with Gasteiger partial charge in [0.25, 0.3) is 0 Å². The maximum absolute atomic E-state index is 4.08. The van der Waals surface area contributed by atoms with Crippen LogP contribution in [0.15, 0.2) is 4.99 Å². The Hall–Kier alpha value is 0.550. The average molecular weight is 244 g/mol. The van der Waals surface area contributed by atoms with E-state index in [1.165, 1.54) is 0 Å². The Balaban J connectivity index is 0.000000490. The molecule has 2 nitrogen and oxygen atoms in total. The van der Waals surface area contributed by atoms with Crippen LogP contribution in [0.25, 0.3) is 0 Å². The molecule has 1 aliphatic rings. The Labute approximate surface area is 71.6 Å². The fourth-order valence-electron chi connectivity index (χ4n) is 0.553. The molecule has 8 heavy (non-hydrogen) atoms. The third kappa shape index (κ3) is 2.21. The molecule has 0 spiro atoms. The SMILES string of the molecule is I.SCC1=NCCN1. The van der Waals surface area contributed by atoms with Crippen molar-refractivity contribution < 1.29 is 0 Å². The molecule has 0 atom stereocenters. The fourth-order valence-corrected chi connectivity index (χ4v) is 0.765. The van der Waals surface area contributed by atoms with E-state index >= 15 is 0 Å². The lowest BCUT2D eigenvalue weighted by Crippen LogP contribution is -2.19. The van der Waals surface area contributed by atoms with Crippen LogP contribution >= 0.6 is 36.6 Å². The van der Waals surface area contributed by atoms with E-state index in [9.17, 15) is 0 Å². The van der Waals surface area contributed by atoms with Gasteiger partial charge < -0.3 is 5.32 Å². The van der Waals surface area contributed by atoms with Gasteiger partial charge in [-0.1, -0.05) is 0 Å². The molecule has 0 aromatic heterocycles. The van der Waals surface area contributed by atoms with E-state index in [0.717, 1.165) is 24.7 Å². The molecular formula is C4H9IN2S. The minimum Gasteiger partial charge on any atom is -0.371 e. The highest BCUT2D eigenvalue weighted by Gasteiger charge is 1.98. The molecule has 1 N–H and O–H groups in total. The summed E-state index contributed by atoms with van der Waals surface area (Å²) in [4.78, 5) is 4.08. The van der Waals surface area contributed by atoms with Crippen LogP contribution in [0.1, 0.15) is 0 Å². The quantitative estimate of drug-likeness (QED) is 0.510. The molecular weight excluding hydrogens is 235 g/mol. The van der Waals surface area contributed by atoms with Crippen molar-refractivity contribution in [1.82, 2.24) is 5.32 Å². The van der Waals surface area contributed by atoms with Gasteiger partial charge in [0, 0.05) is 12.3 Å². The normalized spacial score (nSPS) is 16.4. The number of nitrogens with zero attached hydrogens (tertiary/aromatic N) is 1. The third-order valence-corrected chi connectivity index (χ3v) is 1.19. The van der Waals surface area contributed by atoms with E-state index in [2.05, 4.69) is 22.9 Å². The van der Waals surface area contributed by atoms with Crippen LogP contribution in [0.3, 0.4) is 0 Å². The standard InChI is InChI=1S/C4H8N2S.HI/c7-3-4-5-1-2-6-4;/h7H,1-3H2,(H,5,6);1H. The van der Waals surface area contributed by atoms with Crippen LogP contribution in [0.5, 0.6) is 0 Å². The minimum atomic E-state index is 0. The van der Waals surface area contributed by atoms with Crippen LogP contribution in [-0.2, 0) is 0 Å². The number of hydrogen-bond acceptors (Lipinski definition) is 3. The van der Waals surface area contributed by atoms with E-state index < -0.39 is 0 Å². The Morgan fingerprint density at radius 3 is 2.75 bits per heavy atom. The lowest BCUT2D eigenvalue weighted by atomic mass is 10.7. The van der Waals surface area contributed by atoms with Crippen molar-refractivity contribution >= 4 is 42.4 Å². The van der Waals surface area contributed by atoms with Gasteiger partial charge in [-0.2, -0.15) is 12.6 Å². The van der Waals surface area contributed by atoms with Crippen LogP contribution in [0.2, 0.25) is 0 Å². The monoisotopic (exact) mass is 244 g/mol. The molecule has 0 unspecified atom stereocenters. The number of halogens is 1. The van der Waals surface area contributed by atoms with Gasteiger partial charge in [0.05, 0.1) is 6.54 Å². The van der Waals surface area contributed by atoms with Gasteiger partial charge >= 0.3 is 0 Å². The predicted octanol–water partition coefficient (Wildman–Crippen LogP) is 0.536. The minimum absolute atomic E-state index is 0. The number of nitrogens with one attached hydrogen (secondary N) is 1. The van der Waals surface area contributed by atoms with Crippen LogP contribution in [-0.4, -0.2) is 24.7 Å². The zero-order chi connectivity index (χ0) is 5.11. The van der Waals surface area contributed by atoms with E-state index in [0.29, 0.717) is 0 Å². The Morgan fingerprint density at radius 1 is 1.75 bits per heavy atom. The number of thiol groups is 1. The third-order valence-electron chi connectivity index (χ3n) is 0.893. The summed E-state index contributed by atoms with van der Waals surface area (Å²) in [5.74, 6) is 1.78. The first kappa shape index (κ1) is 8.55. The first-order chi connectivity index (χ1) is 3.43. The van der Waals surface area contributed by atoms with Gasteiger partial charge in [0.1, 0.15) is 5.84 Å². The second-order valence-electron chi connectivity index (χ2n) is 1.41. The van der Waals surface area contributed by atoms with Crippen molar-refractivity contribution in [3.63, 3.8) is 0 Å². The first-order valence-electron chi connectivity index (χ1n) is 2.31. The fraction of sp³-hybridized carbons (Fsp3) is 0.750. The molecule has 48 valence electrons. The highest BCUT2D eigenvalue weighted by atomic mass is 127. The Kier molecular flexibility index (Phi) is 4.74. The van der Waals surface area contributed by atoms with Gasteiger partial charge in [0.15, 0.2) is 0 Å².